The lowest BCUT2D eigenvalue weighted by Gasteiger charge is -2.27. The molecule has 0 saturated carbocycles. The fourth-order valence-electron chi connectivity index (χ4n) is 3.26. The molecule has 1 aromatic heterocycles. The number of morpholine rings is 1. The largest absolute Gasteiger partial charge is 0.378 e. The van der Waals surface area contributed by atoms with E-state index in [1.54, 1.807) is 29.2 Å². The second-order valence-electron chi connectivity index (χ2n) is 6.73. The average molecular weight is 378 g/mol. The van der Waals surface area contributed by atoms with Gasteiger partial charge in [0.25, 0.3) is 5.91 Å². The van der Waals surface area contributed by atoms with Gasteiger partial charge in [-0.2, -0.15) is 0 Å². The maximum atomic E-state index is 12.6. The van der Waals surface area contributed by atoms with Crippen LogP contribution in [0.5, 0.6) is 0 Å². The summed E-state index contributed by atoms with van der Waals surface area (Å²) in [6, 6.07) is 14.8. The van der Waals surface area contributed by atoms with Gasteiger partial charge in [0.15, 0.2) is 0 Å². The van der Waals surface area contributed by atoms with Crippen LogP contribution in [0.15, 0.2) is 48.5 Å². The lowest BCUT2D eigenvalue weighted by molar-refractivity contribution is -0.116. The molecule has 1 aliphatic heterocycles. The van der Waals surface area contributed by atoms with E-state index in [4.69, 9.17) is 4.74 Å². The quantitative estimate of drug-likeness (QED) is 0.714. The van der Waals surface area contributed by atoms with Crippen LogP contribution in [0.4, 0.5) is 5.69 Å². The van der Waals surface area contributed by atoms with Crippen molar-refractivity contribution in [1.82, 2.24) is 14.9 Å². The third-order valence-electron chi connectivity index (χ3n) is 4.72. The summed E-state index contributed by atoms with van der Waals surface area (Å²) in [5.74, 6) is 0.630. The number of aryl methyl sites for hydroxylation is 1. The zero-order valence-electron chi connectivity index (χ0n) is 15.5. The van der Waals surface area contributed by atoms with Gasteiger partial charge >= 0.3 is 0 Å². The number of imidazole rings is 1. The van der Waals surface area contributed by atoms with Gasteiger partial charge < -0.3 is 19.9 Å². The predicted molar refractivity (Wildman–Crippen MR) is 106 cm³/mol. The van der Waals surface area contributed by atoms with E-state index >= 15 is 0 Å². The monoisotopic (exact) mass is 378 g/mol. The maximum Gasteiger partial charge on any atom is 0.254 e. The van der Waals surface area contributed by atoms with Gasteiger partial charge in [-0.25, -0.2) is 4.98 Å². The Labute approximate surface area is 162 Å². The fourth-order valence-corrected chi connectivity index (χ4v) is 3.26. The summed E-state index contributed by atoms with van der Waals surface area (Å²) in [6.07, 6.45) is 0.828. The number of anilines is 1. The number of nitrogens with one attached hydrogen (secondary N) is 2. The van der Waals surface area contributed by atoms with Crippen LogP contribution in [0.2, 0.25) is 0 Å². The van der Waals surface area contributed by atoms with Crippen molar-refractivity contribution in [2.75, 3.05) is 31.6 Å². The molecule has 144 valence electrons. The molecule has 2 aromatic carbocycles. The molecule has 2 N–H and O–H groups in total. The third kappa shape index (κ3) is 4.20. The van der Waals surface area contributed by atoms with Gasteiger partial charge in [0.05, 0.1) is 24.2 Å². The first-order valence-corrected chi connectivity index (χ1v) is 9.39. The SMILES string of the molecule is O=C(CCc1nc2ccccc2[nH]1)Nc1cccc(C(=O)N2CCOCC2)c1. The van der Waals surface area contributed by atoms with Crippen molar-refractivity contribution in [3.63, 3.8) is 0 Å². The molecular formula is C21H22N4O3. The molecule has 0 atom stereocenters. The molecule has 4 rings (SSSR count). The second-order valence-corrected chi connectivity index (χ2v) is 6.73. The summed E-state index contributed by atoms with van der Waals surface area (Å²) >= 11 is 0. The number of benzene rings is 2. The topological polar surface area (TPSA) is 87.3 Å². The molecule has 0 aliphatic carbocycles. The molecule has 0 unspecified atom stereocenters. The number of carbonyl (C=O) groups is 2. The van der Waals surface area contributed by atoms with Gasteiger partial charge in [-0.05, 0) is 30.3 Å². The number of ether oxygens (including phenoxy) is 1. The van der Waals surface area contributed by atoms with E-state index in [1.807, 2.05) is 24.3 Å². The van der Waals surface area contributed by atoms with Gasteiger partial charge in [-0.1, -0.05) is 18.2 Å². The van der Waals surface area contributed by atoms with Crippen molar-refractivity contribution in [3.8, 4) is 0 Å². The molecule has 1 fully saturated rings. The van der Waals surface area contributed by atoms with Gasteiger partial charge in [-0.15, -0.1) is 0 Å². The van der Waals surface area contributed by atoms with Gasteiger partial charge in [0, 0.05) is 37.2 Å². The molecule has 28 heavy (non-hydrogen) atoms. The molecule has 1 aliphatic rings. The molecule has 7 heteroatoms. The highest BCUT2D eigenvalue weighted by Crippen LogP contribution is 2.15. The summed E-state index contributed by atoms with van der Waals surface area (Å²) in [4.78, 5) is 34.4. The Hall–Kier alpha value is -3.19. The Morgan fingerprint density at radius 2 is 1.93 bits per heavy atom. The summed E-state index contributed by atoms with van der Waals surface area (Å²) in [5.41, 5.74) is 3.05. The number of carbonyl (C=O) groups excluding carboxylic acids is 2. The number of rotatable bonds is 5. The standard InChI is InChI=1S/C21H22N4O3/c26-20(9-8-19-23-17-6-1-2-7-18(17)24-19)22-16-5-3-4-15(14-16)21(27)25-10-12-28-13-11-25/h1-7,14H,8-13H2,(H,22,26)(H,23,24). The first kappa shape index (κ1) is 18.2. The molecule has 2 heterocycles. The number of amides is 2. The van der Waals surface area contributed by atoms with E-state index in [0.717, 1.165) is 16.9 Å². The minimum Gasteiger partial charge on any atom is -0.378 e. The van der Waals surface area contributed by atoms with Crippen LogP contribution in [0, 0.1) is 0 Å². The van der Waals surface area contributed by atoms with Gasteiger partial charge in [0.2, 0.25) is 5.91 Å². The molecule has 1 saturated heterocycles. The Kier molecular flexibility index (Phi) is 5.34. The number of nitrogens with zero attached hydrogens (tertiary/aromatic N) is 2. The number of fused-ring (bicyclic) bond motifs is 1. The normalized spacial score (nSPS) is 14.2. The number of aromatic nitrogens is 2. The van der Waals surface area contributed by atoms with Crippen molar-refractivity contribution in [1.29, 1.82) is 0 Å². The fraction of sp³-hybridized carbons (Fsp3) is 0.286. The highest BCUT2D eigenvalue weighted by Gasteiger charge is 2.18. The predicted octanol–water partition coefficient (Wildman–Crippen LogP) is 2.61. The number of hydrogen-bond acceptors (Lipinski definition) is 4. The van der Waals surface area contributed by atoms with E-state index in [1.165, 1.54) is 0 Å². The Morgan fingerprint density at radius 1 is 1.11 bits per heavy atom. The van der Waals surface area contributed by atoms with Crippen LogP contribution in [-0.2, 0) is 16.0 Å². The van der Waals surface area contributed by atoms with E-state index in [0.29, 0.717) is 50.4 Å². The minimum absolute atomic E-state index is 0.0401. The molecule has 0 bridgehead atoms. The first-order valence-electron chi connectivity index (χ1n) is 9.39. The van der Waals surface area contributed by atoms with Crippen molar-refractivity contribution in [3.05, 3.63) is 59.9 Å². The smallest absolute Gasteiger partial charge is 0.254 e. The third-order valence-corrected chi connectivity index (χ3v) is 4.72. The molecular weight excluding hydrogens is 356 g/mol. The number of para-hydroxylation sites is 2. The van der Waals surface area contributed by atoms with E-state index in [-0.39, 0.29) is 11.8 Å². The van der Waals surface area contributed by atoms with Crippen LogP contribution in [0.1, 0.15) is 22.6 Å². The minimum atomic E-state index is -0.114. The van der Waals surface area contributed by atoms with E-state index in [2.05, 4.69) is 15.3 Å². The van der Waals surface area contributed by atoms with Gasteiger partial charge in [-0.3, -0.25) is 9.59 Å². The van der Waals surface area contributed by atoms with Crippen molar-refractivity contribution >= 4 is 28.5 Å². The summed E-state index contributed by atoms with van der Waals surface area (Å²) in [5, 5.41) is 2.87. The van der Waals surface area contributed by atoms with E-state index in [9.17, 15) is 9.59 Å². The summed E-state index contributed by atoms with van der Waals surface area (Å²) < 4.78 is 5.29. The molecule has 2 amide bonds. The maximum absolute atomic E-state index is 12.6. The number of aromatic amines is 1. The lowest BCUT2D eigenvalue weighted by atomic mass is 10.1. The highest BCUT2D eigenvalue weighted by atomic mass is 16.5. The Morgan fingerprint density at radius 3 is 2.75 bits per heavy atom. The lowest BCUT2D eigenvalue weighted by Crippen LogP contribution is -2.40. The van der Waals surface area contributed by atoms with Crippen molar-refractivity contribution in [2.45, 2.75) is 12.8 Å². The second kappa shape index (κ2) is 8.22. The van der Waals surface area contributed by atoms with Crippen LogP contribution < -0.4 is 5.32 Å². The summed E-state index contributed by atoms with van der Waals surface area (Å²) in [7, 11) is 0. The Balaban J connectivity index is 1.35. The van der Waals surface area contributed by atoms with Crippen LogP contribution in [-0.4, -0.2) is 53.0 Å². The highest BCUT2D eigenvalue weighted by molar-refractivity contribution is 5.97. The average Bonchev–Trinajstić information content (AvgIpc) is 3.16. The van der Waals surface area contributed by atoms with Crippen LogP contribution >= 0.6 is 0 Å². The van der Waals surface area contributed by atoms with Crippen molar-refractivity contribution in [2.24, 2.45) is 0 Å². The Bertz CT molecular complexity index is 959. The van der Waals surface area contributed by atoms with Crippen LogP contribution in [0.3, 0.4) is 0 Å². The molecule has 0 radical (unpaired) electrons. The van der Waals surface area contributed by atoms with Gasteiger partial charge in [0.1, 0.15) is 5.82 Å². The molecule has 3 aromatic rings. The molecule has 7 nitrogen and oxygen atoms in total. The first-order chi connectivity index (χ1) is 13.7. The van der Waals surface area contributed by atoms with E-state index < -0.39 is 0 Å². The number of hydrogen-bond donors (Lipinski definition) is 2. The zero-order chi connectivity index (χ0) is 19.3. The van der Waals surface area contributed by atoms with Crippen molar-refractivity contribution < 1.29 is 14.3 Å². The zero-order valence-corrected chi connectivity index (χ0v) is 15.5. The summed E-state index contributed by atoms with van der Waals surface area (Å²) in [6.45, 7) is 2.30. The number of H-pyrrole nitrogens is 1. The van der Waals surface area contributed by atoms with Crippen LogP contribution in [0.25, 0.3) is 11.0 Å². The molecule has 0 spiro atoms.